The molecule has 0 N–H and O–H groups in total. The third-order valence-corrected chi connectivity index (χ3v) is 14.4. The van der Waals surface area contributed by atoms with Gasteiger partial charge >= 0.3 is 5.97 Å². The van der Waals surface area contributed by atoms with Crippen molar-refractivity contribution < 1.29 is 9.53 Å². The van der Waals surface area contributed by atoms with Crippen LogP contribution in [0.15, 0.2) is 47.7 Å². The van der Waals surface area contributed by atoms with E-state index in [9.17, 15) is 9.70 Å². The Morgan fingerprint density at radius 1 is 0.902 bits per heavy atom. The molecule has 0 aromatic heterocycles. The van der Waals surface area contributed by atoms with Gasteiger partial charge in [0.25, 0.3) is 0 Å². The van der Waals surface area contributed by atoms with Crippen LogP contribution in [0.4, 0.5) is 0 Å². The maximum atomic E-state index is 12.5. The van der Waals surface area contributed by atoms with Gasteiger partial charge in [0.15, 0.2) is 0 Å². The van der Waals surface area contributed by atoms with Crippen molar-refractivity contribution in [1.29, 1.82) is 0 Å². The molecule has 9 atom stereocenters. The molecule has 0 bridgehead atoms. The summed E-state index contributed by atoms with van der Waals surface area (Å²) in [6.45, 7) is 19.4. The lowest BCUT2D eigenvalue weighted by Gasteiger charge is -2.72. The molecule has 0 radical (unpaired) electrons. The third-order valence-electron chi connectivity index (χ3n) is 14.4. The van der Waals surface area contributed by atoms with Crippen LogP contribution in [-0.2, 0) is 4.74 Å². The van der Waals surface area contributed by atoms with E-state index in [1.54, 1.807) is 0 Å². The number of nitrogens with zero attached hydrogens (tertiary/aromatic N) is 1. The first-order chi connectivity index (χ1) is 19.3. The van der Waals surface area contributed by atoms with E-state index in [1.807, 2.05) is 12.1 Å². The topological polar surface area (TPSA) is 55.7 Å². The van der Waals surface area contributed by atoms with E-state index in [0.717, 1.165) is 32.1 Å². The smallest absolute Gasteiger partial charge is 0.337 e. The van der Waals surface area contributed by atoms with Gasteiger partial charge in [-0.3, -0.25) is 0 Å². The van der Waals surface area contributed by atoms with Crippen molar-refractivity contribution in [2.75, 3.05) is 7.11 Å². The van der Waals surface area contributed by atoms with Gasteiger partial charge in [0, 0.05) is 0 Å². The van der Waals surface area contributed by atoms with Crippen LogP contribution in [0.3, 0.4) is 0 Å². The normalized spacial score (nSPS) is 44.4. The first kappa shape index (κ1) is 28.9. The Bertz CT molecular complexity index is 1290. The second-order valence-electron chi connectivity index (χ2n) is 16.0. The van der Waals surface area contributed by atoms with E-state index in [0.29, 0.717) is 35.2 Å². The zero-order valence-corrected chi connectivity index (χ0v) is 26.5. The maximum absolute atomic E-state index is 12.5. The predicted molar refractivity (Wildman–Crippen MR) is 166 cm³/mol. The van der Waals surface area contributed by atoms with Gasteiger partial charge in [-0.05, 0) is 139 Å². The van der Waals surface area contributed by atoms with Gasteiger partial charge in [0.1, 0.15) is 5.54 Å². The molecule has 4 saturated carbocycles. The average Bonchev–Trinajstić information content (AvgIpc) is 3.33. The van der Waals surface area contributed by atoms with Gasteiger partial charge in [-0.25, -0.2) is 4.79 Å². The fourth-order valence-corrected chi connectivity index (χ4v) is 12.3. The molecule has 0 aliphatic heterocycles. The summed E-state index contributed by atoms with van der Waals surface area (Å²) < 4.78 is 4.93. The fraction of sp³-hybridized carbons (Fsp3) is 0.703. The van der Waals surface area contributed by atoms with Crippen LogP contribution in [0.2, 0.25) is 0 Å². The highest BCUT2D eigenvalue weighted by molar-refractivity contribution is 5.89. The standard InChI is InChI=1S/C37H51NO3/c1-23(2)26-15-20-37(38-40)22-21-35(6)28(31(26)37)13-14-30-34(5)18-16-27(24-9-11-25(12-10-24)32(39)41-8)33(3,4)29(34)17-19-36(30,35)7/h9-12,16,26,28-31H,1,13-15,17-22H2,2-8H3/t26-,28+,29?,30?,31?,34-,35+,36+,37-/m0/s1. The number of benzene rings is 1. The summed E-state index contributed by atoms with van der Waals surface area (Å²) in [5, 5.41) is 3.95. The summed E-state index contributed by atoms with van der Waals surface area (Å²) in [5.74, 6) is 2.33. The fourth-order valence-electron chi connectivity index (χ4n) is 12.3. The number of esters is 1. The average molecular weight is 558 g/mol. The lowest BCUT2D eigenvalue weighted by molar-refractivity contribution is -0.217. The number of rotatable bonds is 4. The molecule has 5 aliphatic rings. The highest BCUT2D eigenvalue weighted by Crippen LogP contribution is 2.77. The predicted octanol–water partition coefficient (Wildman–Crippen LogP) is 9.64. The van der Waals surface area contributed by atoms with E-state index in [-0.39, 0.29) is 33.2 Å². The van der Waals surface area contributed by atoms with Crippen LogP contribution < -0.4 is 0 Å². The van der Waals surface area contributed by atoms with Gasteiger partial charge in [-0.2, -0.15) is 4.91 Å². The molecule has 41 heavy (non-hydrogen) atoms. The van der Waals surface area contributed by atoms with Crippen LogP contribution in [0.5, 0.6) is 0 Å². The Kier molecular flexibility index (Phi) is 6.61. The molecule has 5 aliphatic carbocycles. The van der Waals surface area contributed by atoms with E-state index >= 15 is 0 Å². The minimum atomic E-state index is -0.369. The molecule has 1 aromatic carbocycles. The summed E-state index contributed by atoms with van der Waals surface area (Å²) in [7, 11) is 1.43. The Labute approximate surface area is 247 Å². The van der Waals surface area contributed by atoms with Crippen molar-refractivity contribution in [3.63, 3.8) is 0 Å². The Balaban J connectivity index is 1.35. The molecule has 1 aromatic rings. The molecular formula is C37H51NO3. The largest absolute Gasteiger partial charge is 0.465 e. The first-order valence-electron chi connectivity index (χ1n) is 16.2. The summed E-state index contributed by atoms with van der Waals surface area (Å²) >= 11 is 0. The van der Waals surface area contributed by atoms with Crippen LogP contribution in [0.1, 0.15) is 115 Å². The molecule has 0 heterocycles. The van der Waals surface area contributed by atoms with Gasteiger partial charge in [-0.1, -0.05) is 70.2 Å². The second kappa shape index (κ2) is 9.38. The number of hydrogen-bond donors (Lipinski definition) is 0. The van der Waals surface area contributed by atoms with E-state index in [4.69, 9.17) is 4.74 Å². The minimum Gasteiger partial charge on any atom is -0.465 e. The van der Waals surface area contributed by atoms with E-state index < -0.39 is 0 Å². The molecule has 0 spiro atoms. The molecule has 0 amide bonds. The van der Waals surface area contributed by atoms with Crippen molar-refractivity contribution in [3.05, 3.63) is 58.5 Å². The van der Waals surface area contributed by atoms with Crippen LogP contribution in [0.25, 0.3) is 5.57 Å². The second-order valence-corrected chi connectivity index (χ2v) is 16.0. The Hall–Kier alpha value is -2.23. The number of nitroso groups, excluding NO2 is 1. The van der Waals surface area contributed by atoms with Crippen molar-refractivity contribution in [3.8, 4) is 0 Å². The van der Waals surface area contributed by atoms with Crippen LogP contribution in [-0.4, -0.2) is 18.6 Å². The lowest BCUT2D eigenvalue weighted by atomic mass is 9.33. The molecule has 3 unspecified atom stereocenters. The molecule has 222 valence electrons. The Morgan fingerprint density at radius 3 is 2.24 bits per heavy atom. The van der Waals surface area contributed by atoms with Crippen LogP contribution in [0, 0.1) is 56.2 Å². The third kappa shape index (κ3) is 3.73. The zero-order valence-electron chi connectivity index (χ0n) is 26.5. The number of carbonyl (C=O) groups is 1. The summed E-state index contributed by atoms with van der Waals surface area (Å²) in [5.41, 5.74) is 4.90. The SMILES string of the molecule is C=C(C)[C@@H]1CC[C@]2(N=O)CC[C@]3(C)[C@H](CCC4[C@@]5(C)CC=C(c6ccc(C(=O)OC)cc6)C(C)(C)C5CC[C@]43C)C12. The highest BCUT2D eigenvalue weighted by Gasteiger charge is 2.71. The maximum Gasteiger partial charge on any atom is 0.337 e. The first-order valence-corrected chi connectivity index (χ1v) is 16.2. The van der Waals surface area contributed by atoms with Crippen molar-refractivity contribution >= 4 is 11.5 Å². The molecule has 4 fully saturated rings. The van der Waals surface area contributed by atoms with Gasteiger partial charge in [0.05, 0.1) is 12.7 Å². The van der Waals surface area contributed by atoms with Crippen molar-refractivity contribution in [2.45, 2.75) is 105 Å². The van der Waals surface area contributed by atoms with Gasteiger partial charge < -0.3 is 4.74 Å². The minimum absolute atomic E-state index is 0.0402. The number of hydrogen-bond acceptors (Lipinski definition) is 4. The summed E-state index contributed by atoms with van der Waals surface area (Å²) in [6, 6.07) is 8.03. The quantitative estimate of drug-likeness (QED) is 0.210. The van der Waals surface area contributed by atoms with E-state index in [1.165, 1.54) is 49.5 Å². The van der Waals surface area contributed by atoms with Crippen molar-refractivity contribution in [2.24, 2.45) is 56.4 Å². The molecule has 4 nitrogen and oxygen atoms in total. The monoisotopic (exact) mass is 557 g/mol. The molecule has 0 saturated heterocycles. The summed E-state index contributed by atoms with van der Waals surface area (Å²) in [6.07, 6.45) is 12.7. The lowest BCUT2D eigenvalue weighted by Crippen LogP contribution is -2.66. The Morgan fingerprint density at radius 2 is 1.61 bits per heavy atom. The zero-order chi connectivity index (χ0) is 29.6. The summed E-state index contributed by atoms with van der Waals surface area (Å²) in [4.78, 5) is 24.5. The van der Waals surface area contributed by atoms with Crippen LogP contribution >= 0.6 is 0 Å². The van der Waals surface area contributed by atoms with Gasteiger partial charge in [-0.15, -0.1) is 0 Å². The number of carbonyl (C=O) groups excluding carboxylic acids is 1. The molecular weight excluding hydrogens is 506 g/mol. The number of fused-ring (bicyclic) bond motifs is 7. The molecule has 6 rings (SSSR count). The number of ether oxygens (including phenoxy) is 1. The number of allylic oxidation sites excluding steroid dienone is 3. The van der Waals surface area contributed by atoms with Gasteiger partial charge in [0.2, 0.25) is 0 Å². The number of methoxy groups -OCH3 is 1. The molecule has 4 heteroatoms. The van der Waals surface area contributed by atoms with Crippen molar-refractivity contribution in [1.82, 2.24) is 0 Å². The van der Waals surface area contributed by atoms with E-state index in [2.05, 4.69) is 71.5 Å². The highest BCUT2D eigenvalue weighted by atomic mass is 16.5.